The third-order valence-corrected chi connectivity index (χ3v) is 2.75. The van der Waals surface area contributed by atoms with Gasteiger partial charge < -0.3 is 10.3 Å². The Morgan fingerprint density at radius 1 is 1.73 bits per heavy atom. The smallest absolute Gasteiger partial charge is 0.177 e. The van der Waals surface area contributed by atoms with Gasteiger partial charge in [-0.1, -0.05) is 0 Å². The zero-order valence-corrected chi connectivity index (χ0v) is 7.71. The van der Waals surface area contributed by atoms with E-state index in [1.54, 1.807) is 0 Å². The summed E-state index contributed by atoms with van der Waals surface area (Å²) < 4.78 is 3.04. The van der Waals surface area contributed by atoms with Crippen LogP contribution in [-0.2, 0) is 6.54 Å². The normalized spacial score (nSPS) is 23.3. The van der Waals surface area contributed by atoms with Crippen molar-refractivity contribution >= 4 is 15.9 Å². The van der Waals surface area contributed by atoms with Crippen LogP contribution in [0.2, 0.25) is 0 Å². The molecule has 0 fully saturated rings. The first-order chi connectivity index (χ1) is 5.29. The highest BCUT2D eigenvalue weighted by atomic mass is 79.9. The molecular weight excluding hydrogens is 206 g/mol. The fourth-order valence-corrected chi connectivity index (χ4v) is 1.98. The molecule has 0 saturated carbocycles. The van der Waals surface area contributed by atoms with Crippen LogP contribution in [0.4, 0.5) is 0 Å². The number of aromatic nitrogens is 2. The molecule has 1 aromatic rings. The van der Waals surface area contributed by atoms with E-state index in [1.165, 1.54) is 0 Å². The van der Waals surface area contributed by atoms with Crippen molar-refractivity contribution in [1.82, 2.24) is 9.55 Å². The van der Waals surface area contributed by atoms with E-state index in [0.29, 0.717) is 0 Å². The highest BCUT2D eigenvalue weighted by molar-refractivity contribution is 9.10. The second-order valence-corrected chi connectivity index (χ2v) is 3.56. The summed E-state index contributed by atoms with van der Waals surface area (Å²) >= 11 is 3.38. The molecule has 11 heavy (non-hydrogen) atoms. The number of halogens is 1. The molecule has 1 aliphatic heterocycles. The molecule has 1 aliphatic rings. The summed E-state index contributed by atoms with van der Waals surface area (Å²) in [6.45, 7) is 1.05. The van der Waals surface area contributed by atoms with Crippen molar-refractivity contribution in [3.05, 3.63) is 16.6 Å². The van der Waals surface area contributed by atoms with Crippen molar-refractivity contribution in [3.8, 4) is 0 Å². The van der Waals surface area contributed by atoms with Crippen LogP contribution in [-0.4, -0.2) is 9.55 Å². The van der Waals surface area contributed by atoms with Gasteiger partial charge in [-0.05, 0) is 28.8 Å². The maximum atomic E-state index is 5.88. The largest absolute Gasteiger partial charge is 0.323 e. The monoisotopic (exact) mass is 215 g/mol. The SMILES string of the molecule is NC1CCCn2c1cnc2Br. The van der Waals surface area contributed by atoms with Crippen LogP contribution < -0.4 is 5.73 Å². The summed E-state index contributed by atoms with van der Waals surface area (Å²) in [6.07, 6.45) is 4.09. The van der Waals surface area contributed by atoms with Crippen molar-refractivity contribution in [2.45, 2.75) is 25.4 Å². The highest BCUT2D eigenvalue weighted by Crippen LogP contribution is 2.25. The Labute approximate surface area is 73.7 Å². The summed E-state index contributed by atoms with van der Waals surface area (Å²) in [5, 5.41) is 0. The number of nitrogens with two attached hydrogens (primary N) is 1. The van der Waals surface area contributed by atoms with Gasteiger partial charge in [0.1, 0.15) is 0 Å². The first-order valence-corrected chi connectivity index (χ1v) is 4.55. The minimum atomic E-state index is 0.183. The molecule has 0 bridgehead atoms. The molecule has 0 aromatic carbocycles. The fraction of sp³-hybridized carbons (Fsp3) is 0.571. The number of nitrogens with zero attached hydrogens (tertiary/aromatic N) is 2. The van der Waals surface area contributed by atoms with Crippen molar-refractivity contribution < 1.29 is 0 Å². The molecule has 0 radical (unpaired) electrons. The molecule has 0 saturated heterocycles. The summed E-state index contributed by atoms with van der Waals surface area (Å²) in [5.74, 6) is 0. The fourth-order valence-electron chi connectivity index (χ4n) is 1.50. The second kappa shape index (κ2) is 2.60. The molecule has 3 nitrogen and oxygen atoms in total. The van der Waals surface area contributed by atoms with Gasteiger partial charge in [0.15, 0.2) is 4.73 Å². The Balaban J connectivity index is 2.46. The predicted octanol–water partition coefficient (Wildman–Crippen LogP) is 1.44. The molecule has 1 aromatic heterocycles. The molecule has 0 spiro atoms. The van der Waals surface area contributed by atoms with Crippen LogP contribution in [0, 0.1) is 0 Å². The van der Waals surface area contributed by atoms with E-state index in [0.717, 1.165) is 29.8 Å². The molecule has 2 N–H and O–H groups in total. The highest BCUT2D eigenvalue weighted by Gasteiger charge is 2.18. The second-order valence-electron chi connectivity index (χ2n) is 2.85. The summed E-state index contributed by atoms with van der Waals surface area (Å²) in [5.41, 5.74) is 7.03. The van der Waals surface area contributed by atoms with E-state index in [1.807, 2.05) is 6.20 Å². The zero-order chi connectivity index (χ0) is 7.84. The summed E-state index contributed by atoms with van der Waals surface area (Å²) in [4.78, 5) is 4.15. The Bertz CT molecular complexity index is 269. The van der Waals surface area contributed by atoms with Crippen molar-refractivity contribution in [2.24, 2.45) is 5.73 Å². The lowest BCUT2D eigenvalue weighted by Gasteiger charge is -2.20. The Hall–Kier alpha value is -0.350. The lowest BCUT2D eigenvalue weighted by molar-refractivity contribution is 0.457. The number of rotatable bonds is 0. The van der Waals surface area contributed by atoms with Crippen molar-refractivity contribution in [2.75, 3.05) is 0 Å². The maximum absolute atomic E-state index is 5.88. The first kappa shape index (κ1) is 7.31. The quantitative estimate of drug-likeness (QED) is 0.713. The van der Waals surface area contributed by atoms with Gasteiger partial charge in [-0.25, -0.2) is 4.98 Å². The Kier molecular flexibility index (Phi) is 1.73. The van der Waals surface area contributed by atoms with Gasteiger partial charge in [0.25, 0.3) is 0 Å². The number of hydrogen-bond donors (Lipinski definition) is 1. The Morgan fingerprint density at radius 2 is 2.55 bits per heavy atom. The van der Waals surface area contributed by atoms with Gasteiger partial charge in [0.05, 0.1) is 11.9 Å². The minimum Gasteiger partial charge on any atom is -0.323 e. The third-order valence-electron chi connectivity index (χ3n) is 2.11. The van der Waals surface area contributed by atoms with Crippen LogP contribution in [0.1, 0.15) is 24.6 Å². The number of hydrogen-bond acceptors (Lipinski definition) is 2. The van der Waals surface area contributed by atoms with E-state index in [4.69, 9.17) is 5.73 Å². The van der Waals surface area contributed by atoms with Crippen molar-refractivity contribution in [3.63, 3.8) is 0 Å². The zero-order valence-electron chi connectivity index (χ0n) is 6.13. The molecule has 0 amide bonds. The van der Waals surface area contributed by atoms with E-state index < -0.39 is 0 Å². The van der Waals surface area contributed by atoms with Crippen LogP contribution in [0.15, 0.2) is 10.9 Å². The molecule has 60 valence electrons. The topological polar surface area (TPSA) is 43.8 Å². The van der Waals surface area contributed by atoms with Crippen LogP contribution in [0.3, 0.4) is 0 Å². The molecule has 1 unspecified atom stereocenters. The standard InChI is InChI=1S/C7H10BrN3/c8-7-10-4-6-5(9)2-1-3-11(6)7/h4-5H,1-3,9H2. The average molecular weight is 216 g/mol. The average Bonchev–Trinajstić information content (AvgIpc) is 2.35. The third kappa shape index (κ3) is 1.10. The Morgan fingerprint density at radius 3 is 3.27 bits per heavy atom. The predicted molar refractivity (Wildman–Crippen MR) is 46.1 cm³/mol. The van der Waals surface area contributed by atoms with Gasteiger partial charge >= 0.3 is 0 Å². The summed E-state index contributed by atoms with van der Waals surface area (Å²) in [6, 6.07) is 0.183. The maximum Gasteiger partial charge on any atom is 0.177 e. The number of imidazole rings is 1. The number of fused-ring (bicyclic) bond motifs is 1. The molecule has 1 atom stereocenters. The van der Waals surface area contributed by atoms with Gasteiger partial charge in [0.2, 0.25) is 0 Å². The minimum absolute atomic E-state index is 0.183. The molecule has 4 heteroatoms. The van der Waals surface area contributed by atoms with Gasteiger partial charge in [0, 0.05) is 12.6 Å². The van der Waals surface area contributed by atoms with Crippen molar-refractivity contribution in [1.29, 1.82) is 0 Å². The van der Waals surface area contributed by atoms with Crippen LogP contribution in [0.5, 0.6) is 0 Å². The van der Waals surface area contributed by atoms with Crippen LogP contribution >= 0.6 is 15.9 Å². The van der Waals surface area contributed by atoms with E-state index >= 15 is 0 Å². The summed E-state index contributed by atoms with van der Waals surface area (Å²) in [7, 11) is 0. The lowest BCUT2D eigenvalue weighted by atomic mass is 10.1. The lowest BCUT2D eigenvalue weighted by Crippen LogP contribution is -2.21. The van der Waals surface area contributed by atoms with Gasteiger partial charge in [-0.15, -0.1) is 0 Å². The van der Waals surface area contributed by atoms with Crippen LogP contribution in [0.25, 0.3) is 0 Å². The molecule has 2 heterocycles. The van der Waals surface area contributed by atoms with E-state index in [2.05, 4.69) is 25.5 Å². The molecule has 0 aliphatic carbocycles. The van der Waals surface area contributed by atoms with Gasteiger partial charge in [-0.3, -0.25) is 0 Å². The van der Waals surface area contributed by atoms with E-state index in [9.17, 15) is 0 Å². The van der Waals surface area contributed by atoms with E-state index in [-0.39, 0.29) is 6.04 Å². The van der Waals surface area contributed by atoms with Gasteiger partial charge in [-0.2, -0.15) is 0 Å². The molecular formula is C7H10BrN3. The molecule has 2 rings (SSSR count). The first-order valence-electron chi connectivity index (χ1n) is 3.75.